The van der Waals surface area contributed by atoms with Gasteiger partial charge in [-0.15, -0.1) is 0 Å². The molecule has 248 valence electrons. The fourth-order valence-corrected chi connectivity index (χ4v) is 5.29. The summed E-state index contributed by atoms with van der Waals surface area (Å²) in [4.78, 5) is 13.4. The molecule has 1 saturated carbocycles. The third-order valence-electron chi connectivity index (χ3n) is 7.83. The van der Waals surface area contributed by atoms with Crippen molar-refractivity contribution in [1.29, 1.82) is 0 Å². The van der Waals surface area contributed by atoms with Gasteiger partial charge in [-0.05, 0) is 63.8 Å². The maximum Gasteiger partial charge on any atom is 0.340 e. The van der Waals surface area contributed by atoms with Crippen LogP contribution in [0.2, 0.25) is 0 Å². The first-order chi connectivity index (χ1) is 20.7. The van der Waals surface area contributed by atoms with E-state index in [4.69, 9.17) is 23.7 Å². The van der Waals surface area contributed by atoms with Crippen molar-refractivity contribution in [3.8, 4) is 5.75 Å². The molecule has 2 unspecified atom stereocenters. The number of allylic oxidation sites excluding steroid dienone is 4. The fraction of sp³-hybridized carbons (Fsp3) is 0.645. The van der Waals surface area contributed by atoms with E-state index in [0.29, 0.717) is 11.1 Å². The lowest BCUT2D eigenvalue weighted by Gasteiger charge is -2.44. The van der Waals surface area contributed by atoms with Gasteiger partial charge < -0.3 is 59.4 Å². The van der Waals surface area contributed by atoms with Crippen LogP contribution >= 0.6 is 0 Å². The molecular formula is C31H46O13. The average molecular weight is 627 g/mol. The fourth-order valence-electron chi connectivity index (χ4n) is 5.29. The molecule has 0 radical (unpaired) electrons. The first-order valence-corrected chi connectivity index (χ1v) is 14.5. The molecule has 11 atom stereocenters. The quantitative estimate of drug-likeness (QED) is 0.123. The molecule has 7 N–H and O–H groups in total. The van der Waals surface area contributed by atoms with Crippen molar-refractivity contribution in [3.05, 3.63) is 52.1 Å². The number of esters is 1. The van der Waals surface area contributed by atoms with E-state index >= 15 is 0 Å². The molecule has 1 heterocycles. The second kappa shape index (κ2) is 15.7. The minimum absolute atomic E-state index is 0.0494. The molecule has 0 spiro atoms. The Morgan fingerprint density at radius 2 is 1.23 bits per heavy atom. The van der Waals surface area contributed by atoms with Gasteiger partial charge in [0.1, 0.15) is 60.7 Å². The summed E-state index contributed by atoms with van der Waals surface area (Å²) >= 11 is 0. The number of methoxy groups -OCH3 is 2. The molecule has 1 aliphatic carbocycles. The highest BCUT2D eigenvalue weighted by atomic mass is 16.7. The second-order valence-corrected chi connectivity index (χ2v) is 11.7. The Labute approximate surface area is 256 Å². The summed E-state index contributed by atoms with van der Waals surface area (Å²) in [6, 6.07) is 3.01. The average Bonchev–Trinajstić information content (AvgIpc) is 2.98. The van der Waals surface area contributed by atoms with E-state index in [0.717, 1.165) is 11.1 Å². The van der Waals surface area contributed by atoms with Gasteiger partial charge >= 0.3 is 5.97 Å². The summed E-state index contributed by atoms with van der Waals surface area (Å²) in [6.45, 7) is 6.89. The van der Waals surface area contributed by atoms with E-state index in [2.05, 4.69) is 0 Å². The van der Waals surface area contributed by atoms with Gasteiger partial charge in [0.25, 0.3) is 0 Å². The number of aliphatic hydroxyl groups excluding tert-OH is 7. The Kier molecular flexibility index (Phi) is 12.9. The highest BCUT2D eigenvalue weighted by molar-refractivity contribution is 5.90. The highest BCUT2D eigenvalue weighted by Crippen LogP contribution is 2.35. The lowest BCUT2D eigenvalue weighted by molar-refractivity contribution is -0.285. The van der Waals surface area contributed by atoms with Gasteiger partial charge in [-0.1, -0.05) is 23.3 Å². The zero-order chi connectivity index (χ0) is 32.9. The Hall–Kier alpha value is -2.43. The molecule has 13 heteroatoms. The number of ether oxygens (including phenoxy) is 5. The van der Waals surface area contributed by atoms with Crippen LogP contribution in [0, 0.1) is 0 Å². The topological polar surface area (TPSA) is 205 Å². The van der Waals surface area contributed by atoms with Crippen molar-refractivity contribution in [2.24, 2.45) is 0 Å². The molecule has 1 aliphatic heterocycles. The predicted octanol–water partition coefficient (Wildman–Crippen LogP) is -0.466. The summed E-state index contributed by atoms with van der Waals surface area (Å²) in [5.41, 5.74) is 2.99. The zero-order valence-electron chi connectivity index (χ0n) is 25.9. The van der Waals surface area contributed by atoms with Gasteiger partial charge in [0.15, 0.2) is 6.10 Å². The van der Waals surface area contributed by atoms with E-state index in [1.807, 2.05) is 39.8 Å². The van der Waals surface area contributed by atoms with E-state index < -0.39 is 79.9 Å². The van der Waals surface area contributed by atoms with Gasteiger partial charge in [0.2, 0.25) is 6.29 Å². The molecule has 1 aromatic carbocycles. The lowest BCUT2D eigenvalue weighted by atomic mass is 9.84. The zero-order valence-corrected chi connectivity index (χ0v) is 25.9. The summed E-state index contributed by atoms with van der Waals surface area (Å²) in [6.07, 6.45) is -11.4. The van der Waals surface area contributed by atoms with Crippen molar-refractivity contribution < 1.29 is 64.2 Å². The molecule has 0 aromatic heterocycles. The van der Waals surface area contributed by atoms with E-state index in [1.54, 1.807) is 0 Å². The number of carbonyl (C=O) groups is 1. The number of hydrogen-bond acceptors (Lipinski definition) is 13. The van der Waals surface area contributed by atoms with Crippen LogP contribution in [0.15, 0.2) is 35.4 Å². The smallest absolute Gasteiger partial charge is 0.340 e. The minimum Gasteiger partial charge on any atom is -0.484 e. The summed E-state index contributed by atoms with van der Waals surface area (Å²) in [5.74, 6) is -0.633. The molecule has 1 saturated heterocycles. The van der Waals surface area contributed by atoms with E-state index in [1.165, 1.54) is 26.4 Å². The third-order valence-corrected chi connectivity index (χ3v) is 7.83. The van der Waals surface area contributed by atoms with Crippen molar-refractivity contribution in [1.82, 2.24) is 0 Å². The van der Waals surface area contributed by atoms with Crippen molar-refractivity contribution >= 4 is 5.97 Å². The van der Waals surface area contributed by atoms with Crippen molar-refractivity contribution in [2.75, 3.05) is 20.8 Å². The lowest BCUT2D eigenvalue weighted by Crippen LogP contribution is -2.66. The van der Waals surface area contributed by atoms with Crippen LogP contribution in [0.25, 0.3) is 0 Å². The molecule has 0 bridgehead atoms. The number of rotatable bonds is 11. The Morgan fingerprint density at radius 1 is 0.750 bits per heavy atom. The Morgan fingerprint density at radius 3 is 1.66 bits per heavy atom. The third kappa shape index (κ3) is 8.04. The van der Waals surface area contributed by atoms with Gasteiger partial charge in [-0.2, -0.15) is 0 Å². The highest BCUT2D eigenvalue weighted by Gasteiger charge is 2.52. The number of aliphatic hydroxyl groups is 7. The first kappa shape index (κ1) is 36.0. The molecule has 2 fully saturated rings. The molecule has 2 aliphatic rings. The molecule has 1 aromatic rings. The van der Waals surface area contributed by atoms with Crippen LogP contribution in [-0.4, -0.2) is 130 Å². The Balaban J connectivity index is 2.07. The summed E-state index contributed by atoms with van der Waals surface area (Å²) in [5, 5.41) is 72.8. The molecule has 3 rings (SSSR count). The van der Waals surface area contributed by atoms with Crippen LogP contribution in [0.3, 0.4) is 0 Å². The summed E-state index contributed by atoms with van der Waals surface area (Å²) in [7, 11) is 2.63. The van der Waals surface area contributed by atoms with Crippen LogP contribution in [0.1, 0.15) is 49.2 Å². The van der Waals surface area contributed by atoms with Crippen molar-refractivity contribution in [2.45, 2.75) is 108 Å². The van der Waals surface area contributed by atoms with Crippen LogP contribution in [0.5, 0.6) is 5.75 Å². The van der Waals surface area contributed by atoms with Gasteiger partial charge in [-0.3, -0.25) is 0 Å². The van der Waals surface area contributed by atoms with Crippen LogP contribution in [-0.2, 0) is 31.8 Å². The largest absolute Gasteiger partial charge is 0.484 e. The first-order valence-electron chi connectivity index (χ1n) is 14.5. The predicted molar refractivity (Wildman–Crippen MR) is 156 cm³/mol. The van der Waals surface area contributed by atoms with E-state index in [-0.39, 0.29) is 24.2 Å². The van der Waals surface area contributed by atoms with Crippen LogP contribution < -0.4 is 4.74 Å². The SMILES string of the molecule is CO[C@@H]1C(O)[C@H](OC)[C@@H](O)C(Oc2c(CC=C(C)C)cc(C(=O)O[C@@H]3O[C@H](CO)[C@@H](O)[C@H](O)[C@H]3O)cc2CC=C(C)C)[C@H]1O. The maximum atomic E-state index is 13.4. The normalized spacial score (nSPS) is 33.8. The standard InChI is InChI=1S/C31H46O13/c1-14(2)7-9-16-11-18(30(39)44-31-22(35)21(34)20(33)19(13-32)42-31)12-17(10-8-15(3)4)26(16)43-29-24(37)27(40-5)23(36)28(41-6)25(29)38/h7-8,11-12,19-25,27-29,31-38H,9-10,13H2,1-6H3/t19-,20-,21+,22-,23?,24-,25+,27+,28-,29?,31+/m1/s1. The van der Waals surface area contributed by atoms with E-state index in [9.17, 15) is 40.5 Å². The van der Waals surface area contributed by atoms with Gasteiger partial charge in [0, 0.05) is 14.2 Å². The van der Waals surface area contributed by atoms with Crippen LogP contribution in [0.4, 0.5) is 0 Å². The molecule has 44 heavy (non-hydrogen) atoms. The number of benzene rings is 1. The van der Waals surface area contributed by atoms with Gasteiger partial charge in [-0.25, -0.2) is 4.79 Å². The number of carbonyl (C=O) groups excluding carboxylic acids is 1. The number of hydrogen-bond donors (Lipinski definition) is 7. The minimum atomic E-state index is -1.78. The maximum absolute atomic E-state index is 13.4. The summed E-state index contributed by atoms with van der Waals surface area (Å²) < 4.78 is 27.7. The molecular weight excluding hydrogens is 580 g/mol. The monoisotopic (exact) mass is 626 g/mol. The van der Waals surface area contributed by atoms with Crippen molar-refractivity contribution in [3.63, 3.8) is 0 Å². The second-order valence-electron chi connectivity index (χ2n) is 11.7. The molecule has 13 nitrogen and oxygen atoms in total. The van der Waals surface area contributed by atoms with Gasteiger partial charge in [0.05, 0.1) is 12.2 Å². The molecule has 0 amide bonds. The Bertz CT molecular complexity index is 1110.